The maximum Gasteiger partial charge on any atom is 0.203 e. The van der Waals surface area contributed by atoms with Crippen molar-refractivity contribution in [1.82, 2.24) is 19.2 Å². The van der Waals surface area contributed by atoms with Gasteiger partial charge >= 0.3 is 0 Å². The summed E-state index contributed by atoms with van der Waals surface area (Å²) in [7, 11) is 0. The molecule has 3 rings (SSSR count). The number of likely N-dealkylation sites (tertiary alicyclic amines) is 1. The van der Waals surface area contributed by atoms with Gasteiger partial charge in [-0.25, -0.2) is 4.68 Å². The average molecular weight is 288 g/mol. The zero-order valence-electron chi connectivity index (χ0n) is 12.0. The minimum Gasteiger partial charge on any atom is -0.284 e. The Morgan fingerprint density at radius 1 is 1.20 bits per heavy atom. The van der Waals surface area contributed by atoms with E-state index in [1.54, 1.807) is 0 Å². The lowest BCUT2D eigenvalue weighted by molar-refractivity contribution is 0.253. The van der Waals surface area contributed by atoms with Gasteiger partial charge in [-0.15, -0.1) is 0 Å². The number of aryl methyl sites for hydroxylation is 2. The van der Waals surface area contributed by atoms with Gasteiger partial charge in [0.25, 0.3) is 0 Å². The Kier molecular flexibility index (Phi) is 3.72. The fourth-order valence-corrected chi connectivity index (χ4v) is 3.12. The van der Waals surface area contributed by atoms with Gasteiger partial charge in [0.1, 0.15) is 5.82 Å². The van der Waals surface area contributed by atoms with Crippen LogP contribution in [-0.2, 0) is 6.67 Å². The van der Waals surface area contributed by atoms with Crippen molar-refractivity contribution < 1.29 is 0 Å². The van der Waals surface area contributed by atoms with E-state index in [2.05, 4.69) is 45.8 Å². The molecule has 1 fully saturated rings. The van der Waals surface area contributed by atoms with Gasteiger partial charge in [-0.1, -0.05) is 12.1 Å². The lowest BCUT2D eigenvalue weighted by Crippen LogP contribution is -2.23. The van der Waals surface area contributed by atoms with Gasteiger partial charge in [-0.05, 0) is 69.7 Å². The van der Waals surface area contributed by atoms with Crippen LogP contribution in [0.4, 0.5) is 0 Å². The van der Waals surface area contributed by atoms with Gasteiger partial charge in [-0.3, -0.25) is 9.47 Å². The van der Waals surface area contributed by atoms with E-state index in [1.807, 2.05) is 11.6 Å². The summed E-state index contributed by atoms with van der Waals surface area (Å²) in [5, 5.41) is 4.61. The third-order valence-electron chi connectivity index (χ3n) is 3.79. The fraction of sp³-hybridized carbons (Fsp3) is 0.467. The molecule has 0 spiro atoms. The molecule has 1 aliphatic rings. The number of nitrogens with zero attached hydrogens (tertiary/aromatic N) is 4. The average Bonchev–Trinajstić information content (AvgIpc) is 2.99. The molecule has 5 heteroatoms. The third kappa shape index (κ3) is 2.55. The summed E-state index contributed by atoms with van der Waals surface area (Å²) in [4.78, 5) is 2.41. The maximum atomic E-state index is 5.61. The minimum atomic E-state index is 0.778. The second kappa shape index (κ2) is 5.50. The molecule has 0 N–H and O–H groups in total. The van der Waals surface area contributed by atoms with Crippen LogP contribution in [0.3, 0.4) is 0 Å². The third-order valence-corrected chi connectivity index (χ3v) is 4.19. The van der Waals surface area contributed by atoms with Crippen molar-refractivity contribution in [2.24, 2.45) is 0 Å². The van der Waals surface area contributed by atoms with Gasteiger partial charge in [0, 0.05) is 5.69 Å². The van der Waals surface area contributed by atoms with Crippen LogP contribution < -0.4 is 0 Å². The van der Waals surface area contributed by atoms with Crippen molar-refractivity contribution in [2.45, 2.75) is 33.4 Å². The smallest absolute Gasteiger partial charge is 0.203 e. The zero-order valence-corrected chi connectivity index (χ0v) is 12.9. The van der Waals surface area contributed by atoms with Crippen LogP contribution in [0.15, 0.2) is 24.3 Å². The predicted octanol–water partition coefficient (Wildman–Crippen LogP) is 3.07. The molecule has 0 aliphatic carbocycles. The number of aromatic nitrogens is 3. The highest BCUT2D eigenvalue weighted by Gasteiger charge is 2.15. The van der Waals surface area contributed by atoms with Crippen LogP contribution in [-0.4, -0.2) is 32.3 Å². The molecule has 20 heavy (non-hydrogen) atoms. The van der Waals surface area contributed by atoms with Crippen LogP contribution in [0.2, 0.25) is 0 Å². The molecule has 0 unspecified atom stereocenters. The molecule has 106 valence electrons. The van der Waals surface area contributed by atoms with E-state index in [1.165, 1.54) is 18.4 Å². The summed E-state index contributed by atoms with van der Waals surface area (Å²) in [6.45, 7) is 7.21. The lowest BCUT2D eigenvalue weighted by atomic mass is 10.2. The second-order valence-electron chi connectivity index (χ2n) is 5.47. The van der Waals surface area contributed by atoms with Crippen LogP contribution in [0.5, 0.6) is 0 Å². The highest BCUT2D eigenvalue weighted by Crippen LogP contribution is 2.15. The summed E-state index contributed by atoms with van der Waals surface area (Å²) in [6.07, 6.45) is 2.57. The topological polar surface area (TPSA) is 26.0 Å². The minimum absolute atomic E-state index is 0.778. The summed E-state index contributed by atoms with van der Waals surface area (Å²) in [6, 6.07) is 8.38. The number of benzene rings is 1. The molecular weight excluding hydrogens is 268 g/mol. The molecule has 1 aliphatic heterocycles. The Hall–Kier alpha value is -1.46. The molecule has 0 bridgehead atoms. The van der Waals surface area contributed by atoms with Crippen molar-refractivity contribution in [2.75, 3.05) is 13.1 Å². The van der Waals surface area contributed by atoms with Gasteiger partial charge in [-0.2, -0.15) is 5.10 Å². The lowest BCUT2D eigenvalue weighted by Gasteiger charge is -2.13. The standard InChI is InChI=1S/C15H20N4S/c1-12-6-5-7-14(10-12)19-13(2)16-18(15(19)20)11-17-8-3-4-9-17/h5-7,10H,3-4,8-9,11H2,1-2H3. The molecule has 1 aromatic heterocycles. The molecule has 1 saturated heterocycles. The summed E-state index contributed by atoms with van der Waals surface area (Å²) in [5.41, 5.74) is 2.33. The van der Waals surface area contributed by atoms with Crippen LogP contribution >= 0.6 is 12.2 Å². The Morgan fingerprint density at radius 3 is 2.65 bits per heavy atom. The van der Waals surface area contributed by atoms with Crippen LogP contribution in [0.1, 0.15) is 24.2 Å². The van der Waals surface area contributed by atoms with Crippen molar-refractivity contribution in [3.05, 3.63) is 40.4 Å². The van der Waals surface area contributed by atoms with Crippen molar-refractivity contribution >= 4 is 12.2 Å². The summed E-state index contributed by atoms with van der Waals surface area (Å²) in [5.74, 6) is 0.944. The number of hydrogen-bond acceptors (Lipinski definition) is 3. The Balaban J connectivity index is 1.96. The molecule has 4 nitrogen and oxygen atoms in total. The van der Waals surface area contributed by atoms with E-state index < -0.39 is 0 Å². The first-order valence-electron chi connectivity index (χ1n) is 7.11. The van der Waals surface area contributed by atoms with E-state index in [4.69, 9.17) is 12.2 Å². The SMILES string of the molecule is Cc1cccc(-n2c(C)nn(CN3CCCC3)c2=S)c1. The van der Waals surface area contributed by atoms with Gasteiger partial charge in [0.2, 0.25) is 4.77 Å². The quantitative estimate of drug-likeness (QED) is 0.812. The van der Waals surface area contributed by atoms with Crippen molar-refractivity contribution in [3.8, 4) is 5.69 Å². The van der Waals surface area contributed by atoms with Crippen LogP contribution in [0, 0.1) is 18.6 Å². The van der Waals surface area contributed by atoms with Crippen molar-refractivity contribution in [1.29, 1.82) is 0 Å². The highest BCUT2D eigenvalue weighted by molar-refractivity contribution is 7.71. The summed E-state index contributed by atoms with van der Waals surface area (Å²) >= 11 is 5.61. The Bertz CT molecular complexity index is 665. The summed E-state index contributed by atoms with van der Waals surface area (Å²) < 4.78 is 4.77. The van der Waals surface area contributed by atoms with Crippen LogP contribution in [0.25, 0.3) is 5.69 Å². The van der Waals surface area contributed by atoms with Crippen molar-refractivity contribution in [3.63, 3.8) is 0 Å². The predicted molar refractivity (Wildman–Crippen MR) is 82.7 cm³/mol. The molecule has 0 atom stereocenters. The van der Waals surface area contributed by atoms with E-state index >= 15 is 0 Å². The van der Waals surface area contributed by atoms with E-state index in [0.717, 1.165) is 36.0 Å². The Labute approximate surface area is 124 Å². The number of rotatable bonds is 3. The van der Waals surface area contributed by atoms with Gasteiger partial charge in [0.05, 0.1) is 6.67 Å². The van der Waals surface area contributed by atoms with E-state index in [-0.39, 0.29) is 0 Å². The molecule has 0 saturated carbocycles. The maximum absolute atomic E-state index is 5.61. The molecule has 1 aromatic carbocycles. The molecule has 2 heterocycles. The van der Waals surface area contributed by atoms with Gasteiger partial charge in [0.15, 0.2) is 0 Å². The monoisotopic (exact) mass is 288 g/mol. The zero-order chi connectivity index (χ0) is 14.1. The normalized spacial score (nSPS) is 15.9. The first kappa shape index (κ1) is 13.5. The molecular formula is C15H20N4S. The highest BCUT2D eigenvalue weighted by atomic mass is 32.1. The Morgan fingerprint density at radius 2 is 1.95 bits per heavy atom. The van der Waals surface area contributed by atoms with E-state index in [9.17, 15) is 0 Å². The molecule has 0 radical (unpaired) electrons. The van der Waals surface area contributed by atoms with E-state index in [0.29, 0.717) is 0 Å². The molecule has 2 aromatic rings. The largest absolute Gasteiger partial charge is 0.284 e. The fourth-order valence-electron chi connectivity index (χ4n) is 2.79. The second-order valence-corrected chi connectivity index (χ2v) is 5.84. The first-order valence-corrected chi connectivity index (χ1v) is 7.52. The molecule has 0 amide bonds. The van der Waals surface area contributed by atoms with Gasteiger partial charge < -0.3 is 0 Å². The first-order chi connectivity index (χ1) is 9.65. The number of hydrogen-bond donors (Lipinski definition) is 0.